The fourth-order valence-corrected chi connectivity index (χ4v) is 4.34. The highest BCUT2D eigenvalue weighted by Gasteiger charge is 2.21. The van der Waals surface area contributed by atoms with E-state index in [-0.39, 0.29) is 0 Å². The predicted octanol–water partition coefficient (Wildman–Crippen LogP) is 4.17. The van der Waals surface area contributed by atoms with Crippen LogP contribution in [0.3, 0.4) is 0 Å². The summed E-state index contributed by atoms with van der Waals surface area (Å²) in [4.78, 5) is 9.43. The van der Waals surface area contributed by atoms with E-state index in [0.717, 1.165) is 29.1 Å². The molecule has 22 heavy (non-hydrogen) atoms. The van der Waals surface area contributed by atoms with Crippen LogP contribution in [0.4, 0.5) is 0 Å². The van der Waals surface area contributed by atoms with Crippen molar-refractivity contribution in [3.63, 3.8) is 0 Å². The van der Waals surface area contributed by atoms with E-state index < -0.39 is 0 Å². The van der Waals surface area contributed by atoms with Gasteiger partial charge in [0, 0.05) is 23.6 Å². The first kappa shape index (κ1) is 13.8. The summed E-state index contributed by atoms with van der Waals surface area (Å²) in [5.74, 6) is 2.42. The van der Waals surface area contributed by atoms with Crippen LogP contribution in [0.2, 0.25) is 0 Å². The molecule has 1 unspecified atom stereocenters. The summed E-state index contributed by atoms with van der Waals surface area (Å²) in [6, 6.07) is 12.6. The van der Waals surface area contributed by atoms with Crippen molar-refractivity contribution in [3.05, 3.63) is 54.0 Å². The molecule has 1 aliphatic rings. The summed E-state index contributed by atoms with van der Waals surface area (Å²) < 4.78 is 2.23. The summed E-state index contributed by atoms with van der Waals surface area (Å²) in [7, 11) is 0. The van der Waals surface area contributed by atoms with Gasteiger partial charge in [0.05, 0.1) is 0 Å². The third-order valence-corrected chi connectivity index (χ3v) is 5.61. The number of aryl methyl sites for hydroxylation is 1. The van der Waals surface area contributed by atoms with Crippen molar-refractivity contribution in [3.8, 4) is 5.69 Å². The SMILES string of the molecule is Cc1ccc(-n2c(CC3CCCS3)nc3cccnc32)cc1. The lowest BCUT2D eigenvalue weighted by molar-refractivity contribution is 0.737. The number of pyridine rings is 1. The number of hydrogen-bond acceptors (Lipinski definition) is 3. The summed E-state index contributed by atoms with van der Waals surface area (Å²) in [6.07, 6.45) is 5.51. The molecule has 0 amide bonds. The number of hydrogen-bond donors (Lipinski definition) is 0. The summed E-state index contributed by atoms with van der Waals surface area (Å²) >= 11 is 2.08. The Labute approximate surface area is 134 Å². The van der Waals surface area contributed by atoms with Crippen LogP contribution in [0.5, 0.6) is 0 Å². The Morgan fingerprint density at radius 1 is 1.23 bits per heavy atom. The second kappa shape index (κ2) is 5.76. The fourth-order valence-electron chi connectivity index (χ4n) is 3.07. The van der Waals surface area contributed by atoms with Gasteiger partial charge >= 0.3 is 0 Å². The third-order valence-electron chi connectivity index (χ3n) is 4.21. The molecule has 112 valence electrons. The highest BCUT2D eigenvalue weighted by molar-refractivity contribution is 8.00. The molecule has 3 nitrogen and oxygen atoms in total. The highest BCUT2D eigenvalue weighted by atomic mass is 32.2. The molecular formula is C18H19N3S. The molecule has 1 aromatic carbocycles. The minimum Gasteiger partial charge on any atom is -0.281 e. The van der Waals surface area contributed by atoms with Gasteiger partial charge in [0.25, 0.3) is 0 Å². The van der Waals surface area contributed by atoms with E-state index in [1.807, 2.05) is 12.3 Å². The van der Waals surface area contributed by atoms with E-state index in [0.29, 0.717) is 5.25 Å². The van der Waals surface area contributed by atoms with Crippen LogP contribution >= 0.6 is 11.8 Å². The van der Waals surface area contributed by atoms with Crippen LogP contribution in [0, 0.1) is 6.92 Å². The zero-order chi connectivity index (χ0) is 14.9. The average molecular weight is 309 g/mol. The average Bonchev–Trinajstić information content (AvgIpc) is 3.16. The zero-order valence-electron chi connectivity index (χ0n) is 12.7. The van der Waals surface area contributed by atoms with E-state index in [2.05, 4.69) is 58.6 Å². The largest absolute Gasteiger partial charge is 0.281 e. The first-order valence-corrected chi connectivity index (χ1v) is 8.87. The smallest absolute Gasteiger partial charge is 0.164 e. The number of fused-ring (bicyclic) bond motifs is 1. The Kier molecular flexibility index (Phi) is 3.62. The number of aromatic nitrogens is 3. The Hall–Kier alpha value is -1.81. The van der Waals surface area contributed by atoms with E-state index in [4.69, 9.17) is 4.98 Å². The lowest BCUT2D eigenvalue weighted by atomic mass is 10.2. The number of benzene rings is 1. The van der Waals surface area contributed by atoms with E-state index >= 15 is 0 Å². The van der Waals surface area contributed by atoms with Gasteiger partial charge in [0.15, 0.2) is 5.65 Å². The summed E-state index contributed by atoms with van der Waals surface area (Å²) in [5, 5.41) is 0.695. The van der Waals surface area contributed by atoms with Crippen molar-refractivity contribution in [1.82, 2.24) is 14.5 Å². The third kappa shape index (κ3) is 2.52. The quantitative estimate of drug-likeness (QED) is 0.727. The maximum Gasteiger partial charge on any atom is 0.164 e. The molecule has 4 heteroatoms. The lowest BCUT2D eigenvalue weighted by Gasteiger charge is -2.12. The minimum absolute atomic E-state index is 0.695. The summed E-state index contributed by atoms with van der Waals surface area (Å²) in [6.45, 7) is 2.12. The first-order valence-electron chi connectivity index (χ1n) is 7.82. The normalized spacial score (nSPS) is 18.1. The van der Waals surface area contributed by atoms with Gasteiger partial charge in [-0.1, -0.05) is 17.7 Å². The van der Waals surface area contributed by atoms with Gasteiger partial charge in [-0.2, -0.15) is 11.8 Å². The number of thioether (sulfide) groups is 1. The van der Waals surface area contributed by atoms with Crippen LogP contribution in [0.25, 0.3) is 16.9 Å². The fraction of sp³-hybridized carbons (Fsp3) is 0.333. The lowest BCUT2D eigenvalue weighted by Crippen LogP contribution is -2.09. The van der Waals surface area contributed by atoms with Gasteiger partial charge in [0.2, 0.25) is 0 Å². The molecule has 1 saturated heterocycles. The van der Waals surface area contributed by atoms with Gasteiger partial charge in [-0.05, 0) is 49.8 Å². The van der Waals surface area contributed by atoms with Crippen LogP contribution in [-0.2, 0) is 6.42 Å². The molecule has 3 heterocycles. The first-order chi connectivity index (χ1) is 10.8. The Morgan fingerprint density at radius 3 is 2.86 bits per heavy atom. The van der Waals surface area contributed by atoms with E-state index in [9.17, 15) is 0 Å². The summed E-state index contributed by atoms with van der Waals surface area (Å²) in [5.41, 5.74) is 4.38. The molecule has 4 rings (SSSR count). The van der Waals surface area contributed by atoms with Crippen LogP contribution in [0.1, 0.15) is 24.2 Å². The van der Waals surface area contributed by atoms with E-state index in [1.165, 1.54) is 24.2 Å². The number of rotatable bonds is 3. The molecule has 0 spiro atoms. The minimum atomic E-state index is 0.695. The molecular weight excluding hydrogens is 290 g/mol. The van der Waals surface area contributed by atoms with Crippen molar-refractivity contribution < 1.29 is 0 Å². The van der Waals surface area contributed by atoms with Crippen molar-refractivity contribution >= 4 is 22.9 Å². The standard InChI is InChI=1S/C18H19N3S/c1-13-6-8-14(9-7-13)21-17(12-15-4-3-11-22-15)20-16-5-2-10-19-18(16)21/h2,5-10,15H,3-4,11-12H2,1H3. The molecule has 0 bridgehead atoms. The van der Waals surface area contributed by atoms with Gasteiger partial charge in [0.1, 0.15) is 11.3 Å². The molecule has 3 aromatic rings. The van der Waals surface area contributed by atoms with Crippen LogP contribution in [0.15, 0.2) is 42.6 Å². The van der Waals surface area contributed by atoms with Crippen LogP contribution in [-0.4, -0.2) is 25.5 Å². The molecule has 0 saturated carbocycles. The highest BCUT2D eigenvalue weighted by Crippen LogP contribution is 2.30. The molecule has 0 N–H and O–H groups in total. The Balaban J connectivity index is 1.83. The molecule has 1 aliphatic heterocycles. The molecule has 1 atom stereocenters. The van der Waals surface area contributed by atoms with Gasteiger partial charge in [-0.25, -0.2) is 9.97 Å². The number of nitrogens with zero attached hydrogens (tertiary/aromatic N) is 3. The molecule has 1 fully saturated rings. The van der Waals surface area contributed by atoms with Gasteiger partial charge in [-0.3, -0.25) is 4.57 Å². The molecule has 0 radical (unpaired) electrons. The van der Waals surface area contributed by atoms with E-state index in [1.54, 1.807) is 0 Å². The predicted molar refractivity (Wildman–Crippen MR) is 92.8 cm³/mol. The topological polar surface area (TPSA) is 30.7 Å². The number of imidazole rings is 1. The van der Waals surface area contributed by atoms with Crippen molar-refractivity contribution in [1.29, 1.82) is 0 Å². The van der Waals surface area contributed by atoms with Gasteiger partial charge in [-0.15, -0.1) is 0 Å². The Bertz CT molecular complexity index is 786. The zero-order valence-corrected chi connectivity index (χ0v) is 13.5. The van der Waals surface area contributed by atoms with Crippen molar-refractivity contribution in [2.45, 2.75) is 31.4 Å². The molecule has 0 aliphatic carbocycles. The second-order valence-electron chi connectivity index (χ2n) is 5.88. The van der Waals surface area contributed by atoms with Crippen molar-refractivity contribution in [2.24, 2.45) is 0 Å². The monoisotopic (exact) mass is 309 g/mol. The maximum absolute atomic E-state index is 4.86. The Morgan fingerprint density at radius 2 is 2.09 bits per heavy atom. The second-order valence-corrected chi connectivity index (χ2v) is 7.29. The maximum atomic E-state index is 4.86. The van der Waals surface area contributed by atoms with Crippen molar-refractivity contribution in [2.75, 3.05) is 5.75 Å². The van der Waals surface area contributed by atoms with Crippen LogP contribution < -0.4 is 0 Å². The van der Waals surface area contributed by atoms with Gasteiger partial charge < -0.3 is 0 Å². The molecule has 2 aromatic heterocycles.